The van der Waals surface area contributed by atoms with Crippen molar-refractivity contribution in [2.75, 3.05) is 13.1 Å². The van der Waals surface area contributed by atoms with Crippen molar-refractivity contribution in [2.45, 2.75) is 58.8 Å². The van der Waals surface area contributed by atoms with Gasteiger partial charge in [-0.3, -0.25) is 9.59 Å². The first-order valence-corrected chi connectivity index (χ1v) is 7.64. The van der Waals surface area contributed by atoms with Crippen molar-refractivity contribution in [2.24, 2.45) is 17.6 Å². The molecule has 1 unspecified atom stereocenters. The van der Waals surface area contributed by atoms with Crippen molar-refractivity contribution >= 4 is 11.9 Å². The van der Waals surface area contributed by atoms with Crippen LogP contribution in [0, 0.1) is 11.8 Å². The Bertz CT molecular complexity index is 280. The third-order valence-electron chi connectivity index (χ3n) is 3.25. The van der Waals surface area contributed by atoms with Crippen LogP contribution in [-0.2, 0) is 9.59 Å². The number of nitrogens with two attached hydrogens (primary N) is 1. The first-order valence-electron chi connectivity index (χ1n) is 7.64. The van der Waals surface area contributed by atoms with E-state index in [4.69, 9.17) is 10.8 Å². The molecule has 118 valence electrons. The molecule has 0 saturated carbocycles. The van der Waals surface area contributed by atoms with Gasteiger partial charge in [0.05, 0.1) is 0 Å². The minimum Gasteiger partial charge on any atom is -0.481 e. The molecule has 0 radical (unpaired) electrons. The number of carboxylic acid groups (broad SMARTS) is 1. The molecule has 0 aliphatic carbocycles. The highest BCUT2D eigenvalue weighted by molar-refractivity contribution is 5.76. The standard InChI is InChI=1S/C15H30N2O3/c1-12(2)9-13(11-16)10-14(18)17-8-6-4-3-5-7-15(19)20/h12-13H,3-11,16H2,1-2H3,(H,17,18)(H,19,20). The van der Waals surface area contributed by atoms with E-state index < -0.39 is 5.97 Å². The van der Waals surface area contributed by atoms with Gasteiger partial charge < -0.3 is 16.2 Å². The lowest BCUT2D eigenvalue weighted by Crippen LogP contribution is -2.29. The van der Waals surface area contributed by atoms with Gasteiger partial charge in [0.25, 0.3) is 0 Å². The highest BCUT2D eigenvalue weighted by Crippen LogP contribution is 2.14. The van der Waals surface area contributed by atoms with Crippen LogP contribution in [0.15, 0.2) is 0 Å². The zero-order valence-corrected chi connectivity index (χ0v) is 12.9. The molecule has 4 N–H and O–H groups in total. The molecule has 0 aromatic heterocycles. The third kappa shape index (κ3) is 12.0. The average molecular weight is 286 g/mol. The van der Waals surface area contributed by atoms with Crippen LogP contribution < -0.4 is 11.1 Å². The van der Waals surface area contributed by atoms with Crippen LogP contribution in [-0.4, -0.2) is 30.1 Å². The van der Waals surface area contributed by atoms with E-state index in [-0.39, 0.29) is 18.2 Å². The zero-order valence-electron chi connectivity index (χ0n) is 12.9. The van der Waals surface area contributed by atoms with Gasteiger partial charge in [0.1, 0.15) is 0 Å². The fraction of sp³-hybridized carbons (Fsp3) is 0.867. The molecule has 20 heavy (non-hydrogen) atoms. The Morgan fingerprint density at radius 1 is 1.15 bits per heavy atom. The molecule has 0 aliphatic rings. The Labute approximate surface area is 122 Å². The van der Waals surface area contributed by atoms with Crippen molar-refractivity contribution in [1.29, 1.82) is 0 Å². The third-order valence-corrected chi connectivity index (χ3v) is 3.25. The number of unbranched alkanes of at least 4 members (excludes halogenated alkanes) is 3. The summed E-state index contributed by atoms with van der Waals surface area (Å²) in [7, 11) is 0. The number of carboxylic acids is 1. The number of carbonyl (C=O) groups excluding carboxylic acids is 1. The van der Waals surface area contributed by atoms with E-state index in [2.05, 4.69) is 19.2 Å². The number of carbonyl (C=O) groups is 2. The summed E-state index contributed by atoms with van der Waals surface area (Å²) in [5, 5.41) is 11.4. The van der Waals surface area contributed by atoms with Gasteiger partial charge in [0.2, 0.25) is 5.91 Å². The van der Waals surface area contributed by atoms with E-state index in [1.54, 1.807) is 0 Å². The lowest BCUT2D eigenvalue weighted by atomic mass is 9.94. The second-order valence-corrected chi connectivity index (χ2v) is 5.84. The van der Waals surface area contributed by atoms with Crippen molar-refractivity contribution in [1.82, 2.24) is 5.32 Å². The maximum Gasteiger partial charge on any atom is 0.303 e. The Morgan fingerprint density at radius 2 is 1.80 bits per heavy atom. The Hall–Kier alpha value is -1.10. The van der Waals surface area contributed by atoms with Crippen LogP contribution in [0.4, 0.5) is 0 Å². The van der Waals surface area contributed by atoms with Crippen molar-refractivity contribution in [3.05, 3.63) is 0 Å². The molecular formula is C15H30N2O3. The maximum atomic E-state index is 11.7. The maximum absolute atomic E-state index is 11.7. The summed E-state index contributed by atoms with van der Waals surface area (Å²) in [6.07, 6.45) is 5.21. The van der Waals surface area contributed by atoms with E-state index in [1.165, 1.54) is 0 Å². The van der Waals surface area contributed by atoms with Gasteiger partial charge in [0.15, 0.2) is 0 Å². The summed E-state index contributed by atoms with van der Waals surface area (Å²) in [5.74, 6) is 0.166. The average Bonchev–Trinajstić information content (AvgIpc) is 2.35. The number of rotatable bonds is 12. The Balaban J connectivity index is 3.55. The highest BCUT2D eigenvalue weighted by Gasteiger charge is 2.13. The monoisotopic (exact) mass is 286 g/mol. The van der Waals surface area contributed by atoms with Crippen LogP contribution in [0.5, 0.6) is 0 Å². The smallest absolute Gasteiger partial charge is 0.303 e. The van der Waals surface area contributed by atoms with E-state index >= 15 is 0 Å². The van der Waals surface area contributed by atoms with E-state index in [0.29, 0.717) is 31.8 Å². The highest BCUT2D eigenvalue weighted by atomic mass is 16.4. The van der Waals surface area contributed by atoms with Gasteiger partial charge in [-0.05, 0) is 37.6 Å². The second-order valence-electron chi connectivity index (χ2n) is 5.84. The first kappa shape index (κ1) is 18.9. The van der Waals surface area contributed by atoms with E-state index in [9.17, 15) is 9.59 Å². The second kappa shape index (κ2) is 11.7. The molecule has 1 amide bonds. The molecule has 5 heteroatoms. The van der Waals surface area contributed by atoms with E-state index in [0.717, 1.165) is 25.7 Å². The predicted molar refractivity (Wildman–Crippen MR) is 80.3 cm³/mol. The van der Waals surface area contributed by atoms with Gasteiger partial charge in [-0.1, -0.05) is 26.7 Å². The van der Waals surface area contributed by atoms with Crippen LogP contribution in [0.1, 0.15) is 58.8 Å². The van der Waals surface area contributed by atoms with Crippen molar-refractivity contribution < 1.29 is 14.7 Å². The fourth-order valence-electron chi connectivity index (χ4n) is 2.25. The minimum absolute atomic E-state index is 0.0756. The summed E-state index contributed by atoms with van der Waals surface area (Å²) >= 11 is 0. The number of amides is 1. The molecule has 5 nitrogen and oxygen atoms in total. The van der Waals surface area contributed by atoms with Crippen molar-refractivity contribution in [3.63, 3.8) is 0 Å². The summed E-state index contributed by atoms with van der Waals surface area (Å²) in [6, 6.07) is 0. The fourth-order valence-corrected chi connectivity index (χ4v) is 2.25. The normalized spacial score (nSPS) is 12.4. The predicted octanol–water partition coefficient (Wildman–Crippen LogP) is 2.15. The van der Waals surface area contributed by atoms with Crippen LogP contribution >= 0.6 is 0 Å². The molecule has 0 aliphatic heterocycles. The van der Waals surface area contributed by atoms with Crippen molar-refractivity contribution in [3.8, 4) is 0 Å². The minimum atomic E-state index is -0.740. The quantitative estimate of drug-likeness (QED) is 0.479. The molecule has 0 spiro atoms. The Kier molecular flexibility index (Phi) is 11.1. The largest absolute Gasteiger partial charge is 0.481 e. The van der Waals surface area contributed by atoms with Crippen LogP contribution in [0.2, 0.25) is 0 Å². The molecule has 1 atom stereocenters. The zero-order chi connectivity index (χ0) is 15.4. The SMILES string of the molecule is CC(C)CC(CN)CC(=O)NCCCCCCC(=O)O. The van der Waals surface area contributed by atoms with Gasteiger partial charge in [-0.15, -0.1) is 0 Å². The lowest BCUT2D eigenvalue weighted by Gasteiger charge is -2.16. The van der Waals surface area contributed by atoms with Gasteiger partial charge in [-0.25, -0.2) is 0 Å². The van der Waals surface area contributed by atoms with Gasteiger partial charge in [0, 0.05) is 19.4 Å². The van der Waals surface area contributed by atoms with Crippen LogP contribution in [0.3, 0.4) is 0 Å². The molecule has 0 saturated heterocycles. The summed E-state index contributed by atoms with van der Waals surface area (Å²) in [5.41, 5.74) is 5.68. The summed E-state index contributed by atoms with van der Waals surface area (Å²) in [6.45, 7) is 5.50. The molecule has 0 aromatic rings. The molecule has 0 fully saturated rings. The summed E-state index contributed by atoms with van der Waals surface area (Å²) < 4.78 is 0. The van der Waals surface area contributed by atoms with E-state index in [1.807, 2.05) is 0 Å². The summed E-state index contributed by atoms with van der Waals surface area (Å²) in [4.78, 5) is 22.0. The molecule has 0 rings (SSSR count). The first-order chi connectivity index (χ1) is 9.45. The number of nitrogens with one attached hydrogen (secondary N) is 1. The number of hydrogen-bond acceptors (Lipinski definition) is 3. The Morgan fingerprint density at radius 3 is 2.35 bits per heavy atom. The number of aliphatic carboxylic acids is 1. The lowest BCUT2D eigenvalue weighted by molar-refractivity contribution is -0.137. The molecular weight excluding hydrogens is 256 g/mol. The molecule has 0 bridgehead atoms. The number of hydrogen-bond donors (Lipinski definition) is 3. The van der Waals surface area contributed by atoms with Crippen LogP contribution in [0.25, 0.3) is 0 Å². The molecule has 0 aromatic carbocycles. The van der Waals surface area contributed by atoms with Gasteiger partial charge >= 0.3 is 5.97 Å². The topological polar surface area (TPSA) is 92.4 Å². The van der Waals surface area contributed by atoms with Gasteiger partial charge in [-0.2, -0.15) is 0 Å². The molecule has 0 heterocycles.